The first kappa shape index (κ1) is 17.8. The summed E-state index contributed by atoms with van der Waals surface area (Å²) in [7, 11) is 1.78. The number of benzene rings is 1. The van der Waals surface area contributed by atoms with Crippen molar-refractivity contribution in [1.82, 2.24) is 9.88 Å². The minimum absolute atomic E-state index is 0.0302. The normalized spacial score (nSPS) is 12.0. The molecule has 7 nitrogen and oxygen atoms in total. The second-order valence-corrected chi connectivity index (χ2v) is 5.79. The van der Waals surface area contributed by atoms with Crippen molar-refractivity contribution in [1.29, 1.82) is 0 Å². The Morgan fingerprint density at radius 1 is 1.42 bits per heavy atom. The third-order valence-corrected chi connectivity index (χ3v) is 3.84. The van der Waals surface area contributed by atoms with E-state index in [9.17, 15) is 14.9 Å². The summed E-state index contributed by atoms with van der Waals surface area (Å²) in [6.07, 6.45) is 1.45. The minimum Gasteiger partial charge on any atom is -0.310 e. The van der Waals surface area contributed by atoms with Crippen LogP contribution in [0.4, 0.5) is 11.5 Å². The number of nitrogens with one attached hydrogen (secondary N) is 1. The summed E-state index contributed by atoms with van der Waals surface area (Å²) in [6.45, 7) is 2.00. The van der Waals surface area contributed by atoms with Crippen LogP contribution in [0.2, 0.25) is 5.02 Å². The maximum Gasteiger partial charge on any atom is 0.269 e. The van der Waals surface area contributed by atoms with Crippen molar-refractivity contribution in [2.24, 2.45) is 0 Å². The summed E-state index contributed by atoms with van der Waals surface area (Å²) in [5, 5.41) is 14.0. The molecule has 8 heteroatoms. The summed E-state index contributed by atoms with van der Waals surface area (Å²) in [6, 6.07) is 9.48. The molecule has 0 aliphatic carbocycles. The smallest absolute Gasteiger partial charge is 0.269 e. The van der Waals surface area contributed by atoms with Crippen molar-refractivity contribution >= 4 is 29.0 Å². The second-order valence-electron chi connectivity index (χ2n) is 5.35. The lowest BCUT2D eigenvalue weighted by Gasteiger charge is -2.24. The summed E-state index contributed by atoms with van der Waals surface area (Å²) in [5.41, 5.74) is 0.798. The second kappa shape index (κ2) is 7.85. The van der Waals surface area contributed by atoms with E-state index in [2.05, 4.69) is 10.3 Å². The average molecular weight is 349 g/mol. The monoisotopic (exact) mass is 348 g/mol. The molecule has 0 aliphatic rings. The van der Waals surface area contributed by atoms with Gasteiger partial charge in [0.2, 0.25) is 5.91 Å². The molecule has 0 bridgehead atoms. The van der Waals surface area contributed by atoms with Crippen molar-refractivity contribution in [3.63, 3.8) is 0 Å². The van der Waals surface area contributed by atoms with Gasteiger partial charge in [0.1, 0.15) is 5.82 Å². The highest BCUT2D eigenvalue weighted by Crippen LogP contribution is 2.22. The van der Waals surface area contributed by atoms with Gasteiger partial charge < -0.3 is 5.32 Å². The Bertz CT molecular complexity index is 736. The standard InChI is InChI=1S/C16H17ClN4O3/c1-11(12-4-3-5-14(8-12)21(23)24)20(2)10-16(22)19-15-7-6-13(17)9-18-15/h3-9,11H,10H2,1-2H3,(H,18,19,22). The summed E-state index contributed by atoms with van der Waals surface area (Å²) in [4.78, 5) is 28.3. The Morgan fingerprint density at radius 3 is 2.79 bits per heavy atom. The number of likely N-dealkylation sites (N-methyl/N-ethyl adjacent to an activating group) is 1. The summed E-state index contributed by atoms with van der Waals surface area (Å²) in [5.74, 6) is 0.186. The van der Waals surface area contributed by atoms with E-state index in [4.69, 9.17) is 11.6 Å². The predicted octanol–water partition coefficient (Wildman–Crippen LogP) is 3.27. The Labute approximate surface area is 144 Å². The largest absolute Gasteiger partial charge is 0.310 e. The molecule has 24 heavy (non-hydrogen) atoms. The molecule has 0 saturated carbocycles. The lowest BCUT2D eigenvalue weighted by molar-refractivity contribution is -0.384. The first-order chi connectivity index (χ1) is 11.4. The number of hydrogen-bond acceptors (Lipinski definition) is 5. The van der Waals surface area contributed by atoms with Crippen LogP contribution in [0.15, 0.2) is 42.6 Å². The maximum atomic E-state index is 12.1. The van der Waals surface area contributed by atoms with Crippen LogP contribution in [0.25, 0.3) is 0 Å². The fourth-order valence-electron chi connectivity index (χ4n) is 2.15. The van der Waals surface area contributed by atoms with E-state index in [0.29, 0.717) is 10.8 Å². The first-order valence-corrected chi connectivity index (χ1v) is 7.60. The quantitative estimate of drug-likeness (QED) is 0.639. The van der Waals surface area contributed by atoms with Gasteiger partial charge in [0.05, 0.1) is 16.5 Å². The molecule has 1 aromatic heterocycles. The lowest BCUT2D eigenvalue weighted by Crippen LogP contribution is -2.32. The average Bonchev–Trinajstić information content (AvgIpc) is 2.56. The van der Waals surface area contributed by atoms with E-state index in [0.717, 1.165) is 5.56 Å². The van der Waals surface area contributed by atoms with Gasteiger partial charge in [-0.1, -0.05) is 23.7 Å². The van der Waals surface area contributed by atoms with Crippen LogP contribution < -0.4 is 5.32 Å². The zero-order valence-corrected chi connectivity index (χ0v) is 14.0. The van der Waals surface area contributed by atoms with E-state index in [1.54, 1.807) is 36.2 Å². The highest BCUT2D eigenvalue weighted by atomic mass is 35.5. The zero-order chi connectivity index (χ0) is 17.7. The van der Waals surface area contributed by atoms with Gasteiger partial charge >= 0.3 is 0 Å². The number of halogens is 1. The number of nitrogens with zero attached hydrogens (tertiary/aromatic N) is 3. The fourth-order valence-corrected chi connectivity index (χ4v) is 2.26. The molecule has 1 unspecified atom stereocenters. The summed E-state index contributed by atoms with van der Waals surface area (Å²) >= 11 is 5.75. The number of carbonyl (C=O) groups excluding carboxylic acids is 1. The van der Waals surface area contributed by atoms with E-state index in [-0.39, 0.29) is 24.2 Å². The van der Waals surface area contributed by atoms with Crippen LogP contribution in [0.5, 0.6) is 0 Å². The van der Waals surface area contributed by atoms with Gasteiger partial charge in [0.25, 0.3) is 5.69 Å². The van der Waals surface area contributed by atoms with Crippen LogP contribution in [0, 0.1) is 10.1 Å². The number of anilines is 1. The van der Waals surface area contributed by atoms with Crippen LogP contribution in [-0.2, 0) is 4.79 Å². The molecular weight excluding hydrogens is 332 g/mol. The third-order valence-electron chi connectivity index (χ3n) is 3.61. The Hall–Kier alpha value is -2.51. The van der Waals surface area contributed by atoms with Gasteiger partial charge in [0.15, 0.2) is 0 Å². The van der Waals surface area contributed by atoms with Crippen LogP contribution in [0.3, 0.4) is 0 Å². The highest BCUT2D eigenvalue weighted by Gasteiger charge is 2.17. The van der Waals surface area contributed by atoms with Crippen LogP contribution in [-0.4, -0.2) is 34.3 Å². The van der Waals surface area contributed by atoms with Gasteiger partial charge in [-0.25, -0.2) is 4.98 Å². The number of rotatable bonds is 6. The number of pyridine rings is 1. The van der Waals surface area contributed by atoms with E-state index in [1.165, 1.54) is 18.3 Å². The highest BCUT2D eigenvalue weighted by molar-refractivity contribution is 6.30. The SMILES string of the molecule is CC(c1cccc([N+](=O)[O-])c1)N(C)CC(=O)Nc1ccc(Cl)cn1. The molecule has 2 aromatic rings. The van der Waals surface area contributed by atoms with Crippen LogP contribution >= 0.6 is 11.6 Å². The lowest BCUT2D eigenvalue weighted by atomic mass is 10.1. The van der Waals surface area contributed by atoms with E-state index in [1.807, 2.05) is 6.92 Å². The summed E-state index contributed by atoms with van der Waals surface area (Å²) < 4.78 is 0. The van der Waals surface area contributed by atoms with Gasteiger partial charge in [-0.3, -0.25) is 19.8 Å². The molecule has 2 rings (SSSR count). The van der Waals surface area contributed by atoms with Gasteiger partial charge in [0, 0.05) is 24.4 Å². The fraction of sp³-hybridized carbons (Fsp3) is 0.250. The molecule has 1 atom stereocenters. The Kier molecular flexibility index (Phi) is 5.83. The minimum atomic E-state index is -0.435. The number of amides is 1. The van der Waals surface area contributed by atoms with Crippen molar-refractivity contribution in [3.8, 4) is 0 Å². The number of non-ortho nitro benzene ring substituents is 1. The zero-order valence-electron chi connectivity index (χ0n) is 13.3. The molecule has 1 amide bonds. The molecule has 0 saturated heterocycles. The van der Waals surface area contributed by atoms with E-state index >= 15 is 0 Å². The maximum absolute atomic E-state index is 12.1. The van der Waals surface area contributed by atoms with Gasteiger partial charge in [-0.05, 0) is 31.7 Å². The third kappa shape index (κ3) is 4.74. The van der Waals surface area contributed by atoms with Crippen LogP contribution in [0.1, 0.15) is 18.5 Å². The number of hydrogen-bond donors (Lipinski definition) is 1. The first-order valence-electron chi connectivity index (χ1n) is 7.23. The van der Waals surface area contributed by atoms with E-state index < -0.39 is 4.92 Å². The molecule has 126 valence electrons. The number of carbonyl (C=O) groups is 1. The Balaban J connectivity index is 1.99. The number of aromatic nitrogens is 1. The topological polar surface area (TPSA) is 88.4 Å². The van der Waals surface area contributed by atoms with Gasteiger partial charge in [-0.15, -0.1) is 0 Å². The molecular formula is C16H17ClN4O3. The molecule has 1 heterocycles. The van der Waals surface area contributed by atoms with Gasteiger partial charge in [-0.2, -0.15) is 0 Å². The van der Waals surface area contributed by atoms with Crippen molar-refractivity contribution in [2.45, 2.75) is 13.0 Å². The molecule has 1 N–H and O–H groups in total. The van der Waals surface area contributed by atoms with Crippen molar-refractivity contribution < 1.29 is 9.72 Å². The molecule has 0 fully saturated rings. The predicted molar refractivity (Wildman–Crippen MR) is 92.0 cm³/mol. The molecule has 0 aliphatic heterocycles. The molecule has 0 radical (unpaired) electrons. The number of nitro groups is 1. The Morgan fingerprint density at radius 2 is 2.17 bits per heavy atom. The molecule has 0 spiro atoms. The van der Waals surface area contributed by atoms with Crippen molar-refractivity contribution in [2.75, 3.05) is 18.9 Å². The van der Waals surface area contributed by atoms with Crippen molar-refractivity contribution in [3.05, 3.63) is 63.3 Å². The molecule has 1 aromatic carbocycles. The number of nitro benzene ring substituents is 1.